The highest BCUT2D eigenvalue weighted by molar-refractivity contribution is 7.80. The van der Waals surface area contributed by atoms with Gasteiger partial charge in [-0.3, -0.25) is 4.79 Å². The number of aromatic nitrogens is 1. The molecule has 0 spiro atoms. The van der Waals surface area contributed by atoms with Crippen LogP contribution >= 0.6 is 12.2 Å². The maximum absolute atomic E-state index is 12.0. The quantitative estimate of drug-likeness (QED) is 0.567. The van der Waals surface area contributed by atoms with E-state index in [1.54, 1.807) is 6.20 Å². The van der Waals surface area contributed by atoms with Crippen molar-refractivity contribution in [2.75, 3.05) is 0 Å². The van der Waals surface area contributed by atoms with Crippen LogP contribution in [0.2, 0.25) is 0 Å². The van der Waals surface area contributed by atoms with Crippen LogP contribution in [0.5, 0.6) is 5.88 Å². The second-order valence-corrected chi connectivity index (χ2v) is 10.6. The molecule has 1 heterocycles. The second kappa shape index (κ2) is 7.01. The van der Waals surface area contributed by atoms with Crippen molar-refractivity contribution < 1.29 is 9.53 Å². The molecule has 5 rings (SSSR count). The molecule has 0 unspecified atom stereocenters. The van der Waals surface area contributed by atoms with Gasteiger partial charge in [-0.2, -0.15) is 0 Å². The first-order chi connectivity index (χ1) is 13.9. The molecular formula is C25H31NO2S. The molecule has 3 fully saturated rings. The number of hydrogen-bond acceptors (Lipinski definition) is 4. The summed E-state index contributed by atoms with van der Waals surface area (Å²) in [6.45, 7) is 4.92. The second-order valence-electron chi connectivity index (χ2n) is 10.2. The summed E-state index contributed by atoms with van der Waals surface area (Å²) in [6, 6.07) is 5.73. The summed E-state index contributed by atoms with van der Waals surface area (Å²) in [5.74, 6) is 3.49. The number of ketones is 1. The molecule has 0 amide bonds. The smallest absolute Gasteiger partial charge is 0.219 e. The van der Waals surface area contributed by atoms with E-state index in [1.807, 2.05) is 24.3 Å². The van der Waals surface area contributed by atoms with Crippen LogP contribution in [-0.2, 0) is 4.79 Å². The summed E-state index contributed by atoms with van der Waals surface area (Å²) >= 11 is 5.80. The van der Waals surface area contributed by atoms with Gasteiger partial charge in [0.1, 0.15) is 0 Å². The Morgan fingerprint density at radius 2 is 1.97 bits per heavy atom. The van der Waals surface area contributed by atoms with Crippen LogP contribution in [0.15, 0.2) is 36.0 Å². The molecule has 0 saturated heterocycles. The Morgan fingerprint density at radius 3 is 2.76 bits per heavy atom. The number of carbonyl (C=O) groups is 1. The fourth-order valence-electron chi connectivity index (χ4n) is 7.53. The minimum atomic E-state index is 0.231. The minimum Gasteiger partial charge on any atom is -0.432 e. The lowest BCUT2D eigenvalue weighted by molar-refractivity contribution is -0.117. The third-order valence-corrected chi connectivity index (χ3v) is 9.46. The van der Waals surface area contributed by atoms with Gasteiger partial charge in [-0.05, 0) is 97.9 Å². The Bertz CT molecular complexity index is 865. The molecule has 29 heavy (non-hydrogen) atoms. The van der Waals surface area contributed by atoms with E-state index in [0.29, 0.717) is 23.5 Å². The van der Waals surface area contributed by atoms with Crippen LogP contribution in [0, 0.1) is 34.5 Å². The molecule has 0 bridgehead atoms. The van der Waals surface area contributed by atoms with Gasteiger partial charge in [0.05, 0.1) is 0 Å². The number of ether oxygens (including phenoxy) is 1. The first-order valence-electron chi connectivity index (χ1n) is 11.3. The standard InChI is InChI=1S/C25H31NO2S/c1-24-12-10-17(27)15-16(24)6-7-18-19-8-9-21(25(19,2)13-11-20(18)24)23(29)28-22-5-3-4-14-26-22/h3-5,14-15,18-21H,6-13H2,1-2H3/t18-,19-,20-,21+,24-,25-/m0/s1. The molecule has 3 saturated carbocycles. The molecule has 4 aliphatic carbocycles. The first-order valence-corrected chi connectivity index (χ1v) is 11.7. The van der Waals surface area contributed by atoms with Gasteiger partial charge < -0.3 is 4.74 Å². The van der Waals surface area contributed by atoms with E-state index in [4.69, 9.17) is 17.0 Å². The number of fused-ring (bicyclic) bond motifs is 5. The van der Waals surface area contributed by atoms with Gasteiger partial charge in [-0.1, -0.05) is 25.5 Å². The number of pyridine rings is 1. The molecule has 154 valence electrons. The van der Waals surface area contributed by atoms with Crippen molar-refractivity contribution in [3.8, 4) is 5.88 Å². The zero-order chi connectivity index (χ0) is 20.2. The molecule has 0 aromatic carbocycles. The van der Waals surface area contributed by atoms with Gasteiger partial charge >= 0.3 is 0 Å². The van der Waals surface area contributed by atoms with Crippen LogP contribution in [0.1, 0.15) is 65.2 Å². The molecule has 1 aromatic rings. The van der Waals surface area contributed by atoms with Gasteiger partial charge in [0, 0.05) is 24.6 Å². The SMILES string of the molecule is C[C@]12CC[C@H]3[C@@H](CCC4=CC(=O)CC[C@@]43C)[C@@H]1CC[C@@H]2C(=S)Oc1ccccn1. The number of carbonyl (C=O) groups excluding carboxylic acids is 1. The van der Waals surface area contributed by atoms with E-state index in [1.165, 1.54) is 31.3 Å². The van der Waals surface area contributed by atoms with E-state index in [0.717, 1.165) is 42.6 Å². The summed E-state index contributed by atoms with van der Waals surface area (Å²) in [6.07, 6.45) is 12.7. The average molecular weight is 410 g/mol. The molecule has 0 aliphatic heterocycles. The van der Waals surface area contributed by atoms with Gasteiger partial charge in [-0.25, -0.2) is 4.98 Å². The summed E-state index contributed by atoms with van der Waals surface area (Å²) in [7, 11) is 0. The zero-order valence-corrected chi connectivity index (χ0v) is 18.3. The average Bonchev–Trinajstić information content (AvgIpc) is 3.06. The lowest BCUT2D eigenvalue weighted by Crippen LogP contribution is -2.51. The topological polar surface area (TPSA) is 39.2 Å². The largest absolute Gasteiger partial charge is 0.432 e. The fourth-order valence-corrected chi connectivity index (χ4v) is 8.00. The third-order valence-electron chi connectivity index (χ3n) is 9.09. The van der Waals surface area contributed by atoms with Crippen molar-refractivity contribution in [1.29, 1.82) is 0 Å². The molecular weight excluding hydrogens is 378 g/mol. The molecule has 1 aromatic heterocycles. The van der Waals surface area contributed by atoms with Crippen molar-refractivity contribution in [1.82, 2.24) is 4.98 Å². The number of rotatable bonds is 2. The van der Waals surface area contributed by atoms with E-state index in [2.05, 4.69) is 18.8 Å². The minimum absolute atomic E-state index is 0.231. The molecule has 6 atom stereocenters. The summed E-state index contributed by atoms with van der Waals surface area (Å²) in [4.78, 5) is 16.3. The Kier molecular flexibility index (Phi) is 4.69. The predicted octanol–water partition coefficient (Wildman–Crippen LogP) is 5.94. The van der Waals surface area contributed by atoms with Gasteiger partial charge in [0.15, 0.2) is 10.8 Å². The molecule has 4 aliphatic rings. The highest BCUT2D eigenvalue weighted by Gasteiger charge is 2.59. The molecule has 4 heteroatoms. The number of allylic oxidation sites excluding steroid dienone is 1. The van der Waals surface area contributed by atoms with Crippen molar-refractivity contribution in [3.05, 3.63) is 36.0 Å². The maximum atomic E-state index is 12.0. The van der Waals surface area contributed by atoms with Crippen LogP contribution in [0.4, 0.5) is 0 Å². The Hall–Kier alpha value is -1.55. The number of nitrogens with zero attached hydrogens (tertiary/aromatic N) is 1. The van der Waals surface area contributed by atoms with Gasteiger partial charge in [0.25, 0.3) is 0 Å². The van der Waals surface area contributed by atoms with Crippen molar-refractivity contribution in [2.24, 2.45) is 34.5 Å². The van der Waals surface area contributed by atoms with E-state index < -0.39 is 0 Å². The fraction of sp³-hybridized carbons (Fsp3) is 0.640. The Morgan fingerprint density at radius 1 is 1.10 bits per heavy atom. The lowest BCUT2D eigenvalue weighted by Gasteiger charge is -2.58. The number of hydrogen-bond donors (Lipinski definition) is 0. The predicted molar refractivity (Wildman–Crippen MR) is 118 cm³/mol. The van der Waals surface area contributed by atoms with E-state index in [9.17, 15) is 4.79 Å². The third kappa shape index (κ3) is 3.01. The molecule has 0 N–H and O–H groups in total. The molecule has 0 radical (unpaired) electrons. The van der Waals surface area contributed by atoms with E-state index >= 15 is 0 Å². The Balaban J connectivity index is 1.38. The van der Waals surface area contributed by atoms with Crippen LogP contribution in [0.25, 0.3) is 0 Å². The molecule has 3 nitrogen and oxygen atoms in total. The van der Waals surface area contributed by atoms with Crippen LogP contribution in [0.3, 0.4) is 0 Å². The van der Waals surface area contributed by atoms with Crippen molar-refractivity contribution in [2.45, 2.75) is 65.2 Å². The lowest BCUT2D eigenvalue weighted by atomic mass is 9.47. The maximum Gasteiger partial charge on any atom is 0.219 e. The summed E-state index contributed by atoms with van der Waals surface area (Å²) in [5, 5.41) is 0.734. The van der Waals surface area contributed by atoms with E-state index in [-0.39, 0.29) is 10.8 Å². The summed E-state index contributed by atoms with van der Waals surface area (Å²) < 4.78 is 6.04. The van der Waals surface area contributed by atoms with Crippen molar-refractivity contribution in [3.63, 3.8) is 0 Å². The van der Waals surface area contributed by atoms with Crippen LogP contribution in [-0.4, -0.2) is 15.8 Å². The monoisotopic (exact) mass is 409 g/mol. The van der Waals surface area contributed by atoms with Gasteiger partial charge in [0.2, 0.25) is 5.88 Å². The highest BCUT2D eigenvalue weighted by Crippen LogP contribution is 2.66. The van der Waals surface area contributed by atoms with Crippen LogP contribution < -0.4 is 4.74 Å². The highest BCUT2D eigenvalue weighted by atomic mass is 32.1. The number of thiocarbonyl (C=S) groups is 1. The normalized spacial score (nSPS) is 41.0. The summed E-state index contributed by atoms with van der Waals surface area (Å²) in [5.41, 5.74) is 1.91. The van der Waals surface area contributed by atoms with Crippen molar-refractivity contribution >= 4 is 23.1 Å². The van der Waals surface area contributed by atoms with Gasteiger partial charge in [-0.15, -0.1) is 0 Å². The Labute approximate surface area is 179 Å². The first kappa shape index (κ1) is 19.4. The zero-order valence-electron chi connectivity index (χ0n) is 17.5.